The molecule has 0 aromatic heterocycles. The van der Waals surface area contributed by atoms with Crippen molar-refractivity contribution in [1.29, 1.82) is 0 Å². The van der Waals surface area contributed by atoms with Crippen LogP contribution < -0.4 is 10.0 Å². The van der Waals surface area contributed by atoms with Gasteiger partial charge >= 0.3 is 0 Å². The summed E-state index contributed by atoms with van der Waals surface area (Å²) in [6.45, 7) is 7.60. The van der Waals surface area contributed by atoms with Crippen LogP contribution >= 0.6 is 0 Å². The maximum absolute atomic E-state index is 12.2. The molecule has 0 unspecified atom stereocenters. The van der Waals surface area contributed by atoms with Crippen LogP contribution in [0.3, 0.4) is 0 Å². The number of hydrogen-bond donors (Lipinski definition) is 2. The number of sulfonamides is 1. The Labute approximate surface area is 129 Å². The highest BCUT2D eigenvalue weighted by Gasteiger charge is 2.20. The number of benzene rings is 1. The molecule has 0 amide bonds. The molecule has 0 saturated carbocycles. The zero-order valence-corrected chi connectivity index (χ0v) is 14.4. The van der Waals surface area contributed by atoms with E-state index in [2.05, 4.69) is 30.8 Å². The smallest absolute Gasteiger partial charge is 0.240 e. The van der Waals surface area contributed by atoms with Crippen LogP contribution in [0.15, 0.2) is 29.2 Å². The first-order valence-corrected chi connectivity index (χ1v) is 9.02. The van der Waals surface area contributed by atoms with Crippen molar-refractivity contribution in [3.05, 3.63) is 29.8 Å². The lowest BCUT2D eigenvalue weighted by Crippen LogP contribution is -2.33. The van der Waals surface area contributed by atoms with E-state index in [-0.39, 0.29) is 5.41 Å². The van der Waals surface area contributed by atoms with Crippen LogP contribution in [-0.4, -0.2) is 28.6 Å². The Balaban J connectivity index is 2.67. The third kappa shape index (κ3) is 6.16. The third-order valence-corrected chi connectivity index (χ3v) is 5.24. The summed E-state index contributed by atoms with van der Waals surface area (Å²) in [4.78, 5) is 0.340. The Kier molecular flexibility index (Phi) is 6.84. The van der Waals surface area contributed by atoms with Gasteiger partial charge in [-0.05, 0) is 56.0 Å². The monoisotopic (exact) mass is 312 g/mol. The van der Waals surface area contributed by atoms with E-state index in [9.17, 15) is 8.42 Å². The molecule has 2 N–H and O–H groups in total. The van der Waals surface area contributed by atoms with E-state index < -0.39 is 10.0 Å². The fourth-order valence-electron chi connectivity index (χ4n) is 1.80. The minimum Gasteiger partial charge on any atom is -0.320 e. The van der Waals surface area contributed by atoms with Crippen molar-refractivity contribution in [1.82, 2.24) is 10.0 Å². The molecule has 120 valence electrons. The second-order valence-electron chi connectivity index (χ2n) is 6.19. The molecule has 0 heterocycles. The van der Waals surface area contributed by atoms with Crippen LogP contribution in [0.4, 0.5) is 0 Å². The molecule has 1 aromatic carbocycles. The standard InChI is InChI=1S/C16H28N2O2S/c1-5-16(2,3)13-18-21(19,20)15-10-8-14(9-11-15)7-6-12-17-4/h8-11,17-18H,5-7,12-13H2,1-4H3. The molecule has 4 nitrogen and oxygen atoms in total. The number of aryl methyl sites for hydroxylation is 1. The van der Waals surface area contributed by atoms with Crippen molar-refractivity contribution < 1.29 is 8.42 Å². The summed E-state index contributed by atoms with van der Waals surface area (Å²) >= 11 is 0. The Hall–Kier alpha value is -0.910. The second kappa shape index (κ2) is 7.92. The predicted molar refractivity (Wildman–Crippen MR) is 88.0 cm³/mol. The Morgan fingerprint density at radius 3 is 2.29 bits per heavy atom. The van der Waals surface area contributed by atoms with Crippen LogP contribution in [0.2, 0.25) is 0 Å². The summed E-state index contributed by atoms with van der Waals surface area (Å²) in [5.74, 6) is 0. The Morgan fingerprint density at radius 2 is 1.76 bits per heavy atom. The average Bonchev–Trinajstić information content (AvgIpc) is 2.46. The highest BCUT2D eigenvalue weighted by Crippen LogP contribution is 2.19. The summed E-state index contributed by atoms with van der Waals surface area (Å²) in [6.07, 6.45) is 2.93. The van der Waals surface area contributed by atoms with E-state index in [1.165, 1.54) is 0 Å². The molecule has 1 aromatic rings. The van der Waals surface area contributed by atoms with Gasteiger partial charge in [0.25, 0.3) is 0 Å². The minimum atomic E-state index is -3.41. The Morgan fingerprint density at radius 1 is 1.14 bits per heavy atom. The van der Waals surface area contributed by atoms with Gasteiger partial charge in [0.05, 0.1) is 4.90 Å². The van der Waals surface area contributed by atoms with Crippen LogP contribution in [-0.2, 0) is 16.4 Å². The lowest BCUT2D eigenvalue weighted by atomic mass is 9.91. The number of hydrogen-bond acceptors (Lipinski definition) is 3. The van der Waals surface area contributed by atoms with Crippen molar-refractivity contribution in [2.75, 3.05) is 20.1 Å². The van der Waals surface area contributed by atoms with E-state index >= 15 is 0 Å². The molecule has 0 saturated heterocycles. The van der Waals surface area contributed by atoms with Crippen LogP contribution in [0.1, 0.15) is 39.2 Å². The number of nitrogens with one attached hydrogen (secondary N) is 2. The molecule has 0 bridgehead atoms. The highest BCUT2D eigenvalue weighted by molar-refractivity contribution is 7.89. The summed E-state index contributed by atoms with van der Waals surface area (Å²) in [6, 6.07) is 7.18. The zero-order chi connectivity index (χ0) is 15.9. The van der Waals surface area contributed by atoms with E-state index in [0.717, 1.165) is 31.4 Å². The largest absolute Gasteiger partial charge is 0.320 e. The highest BCUT2D eigenvalue weighted by atomic mass is 32.2. The van der Waals surface area contributed by atoms with Crippen LogP contribution in [0.25, 0.3) is 0 Å². The maximum Gasteiger partial charge on any atom is 0.240 e. The van der Waals surface area contributed by atoms with Gasteiger partial charge < -0.3 is 5.32 Å². The Bertz CT molecular complexity index is 522. The van der Waals surface area contributed by atoms with E-state index in [4.69, 9.17) is 0 Å². The topological polar surface area (TPSA) is 58.2 Å². The molecule has 0 aliphatic heterocycles. The van der Waals surface area contributed by atoms with Gasteiger partial charge in [-0.15, -0.1) is 0 Å². The van der Waals surface area contributed by atoms with E-state index in [0.29, 0.717) is 11.4 Å². The van der Waals surface area contributed by atoms with Crippen molar-refractivity contribution in [3.63, 3.8) is 0 Å². The first-order chi connectivity index (χ1) is 9.80. The molecule has 1 rings (SSSR count). The lowest BCUT2D eigenvalue weighted by Gasteiger charge is -2.22. The summed E-state index contributed by atoms with van der Waals surface area (Å²) in [5.41, 5.74) is 1.14. The second-order valence-corrected chi connectivity index (χ2v) is 7.96. The normalized spacial score (nSPS) is 12.6. The van der Waals surface area contributed by atoms with Gasteiger partial charge in [0, 0.05) is 6.54 Å². The van der Waals surface area contributed by atoms with Crippen LogP contribution in [0.5, 0.6) is 0 Å². The first-order valence-electron chi connectivity index (χ1n) is 7.54. The van der Waals surface area contributed by atoms with Crippen molar-refractivity contribution in [2.24, 2.45) is 5.41 Å². The van der Waals surface area contributed by atoms with Gasteiger partial charge in [0.2, 0.25) is 10.0 Å². The molecule has 0 atom stereocenters. The zero-order valence-electron chi connectivity index (χ0n) is 13.6. The van der Waals surface area contributed by atoms with Gasteiger partial charge in [-0.25, -0.2) is 13.1 Å². The SMILES string of the molecule is CCC(C)(C)CNS(=O)(=O)c1ccc(CCCNC)cc1. The lowest BCUT2D eigenvalue weighted by molar-refractivity contribution is 0.350. The fourth-order valence-corrected chi connectivity index (χ4v) is 3.05. The van der Waals surface area contributed by atoms with E-state index in [1.807, 2.05) is 19.2 Å². The first kappa shape index (κ1) is 18.1. The van der Waals surface area contributed by atoms with Crippen molar-refractivity contribution >= 4 is 10.0 Å². The molecule has 0 aliphatic rings. The quantitative estimate of drug-likeness (QED) is 0.689. The summed E-state index contributed by atoms with van der Waals surface area (Å²) < 4.78 is 27.2. The third-order valence-electron chi connectivity index (χ3n) is 3.82. The molecule has 21 heavy (non-hydrogen) atoms. The molecular weight excluding hydrogens is 284 g/mol. The van der Waals surface area contributed by atoms with Gasteiger partial charge in [-0.2, -0.15) is 0 Å². The molecular formula is C16H28N2O2S. The number of rotatable bonds is 9. The molecule has 0 radical (unpaired) electrons. The van der Waals surface area contributed by atoms with Gasteiger partial charge in [-0.3, -0.25) is 0 Å². The fraction of sp³-hybridized carbons (Fsp3) is 0.625. The van der Waals surface area contributed by atoms with Gasteiger partial charge in [-0.1, -0.05) is 32.9 Å². The van der Waals surface area contributed by atoms with Crippen molar-refractivity contribution in [3.8, 4) is 0 Å². The van der Waals surface area contributed by atoms with Gasteiger partial charge in [0.15, 0.2) is 0 Å². The van der Waals surface area contributed by atoms with Gasteiger partial charge in [0.1, 0.15) is 0 Å². The molecule has 5 heteroatoms. The van der Waals surface area contributed by atoms with E-state index in [1.54, 1.807) is 12.1 Å². The molecule has 0 fully saturated rings. The minimum absolute atomic E-state index is 0.0276. The molecule has 0 spiro atoms. The summed E-state index contributed by atoms with van der Waals surface area (Å²) in [5, 5.41) is 3.10. The van der Waals surface area contributed by atoms with Crippen molar-refractivity contribution in [2.45, 2.75) is 44.9 Å². The summed E-state index contributed by atoms with van der Waals surface area (Å²) in [7, 11) is -1.48. The molecule has 0 aliphatic carbocycles. The average molecular weight is 312 g/mol. The predicted octanol–water partition coefficient (Wildman–Crippen LogP) is 2.55. The van der Waals surface area contributed by atoms with Crippen LogP contribution in [0, 0.1) is 5.41 Å². The maximum atomic E-state index is 12.2.